The molecule has 0 bridgehead atoms. The van der Waals surface area contributed by atoms with E-state index in [4.69, 9.17) is 0 Å². The maximum absolute atomic E-state index is 12.2. The van der Waals surface area contributed by atoms with Gasteiger partial charge in [-0.3, -0.25) is 4.79 Å². The van der Waals surface area contributed by atoms with Gasteiger partial charge in [-0.15, -0.1) is 0 Å². The molecule has 1 N–H and O–H groups in total. The Hall–Kier alpha value is -1.89. The van der Waals surface area contributed by atoms with Gasteiger partial charge in [-0.1, -0.05) is 25.6 Å². The number of aliphatic carboxylic acids is 1. The van der Waals surface area contributed by atoms with E-state index in [1.807, 2.05) is 13.8 Å². The van der Waals surface area contributed by atoms with E-state index in [9.17, 15) is 14.7 Å². The highest BCUT2D eigenvalue weighted by atomic mass is 32.2. The minimum absolute atomic E-state index is 0.0326. The predicted octanol–water partition coefficient (Wildman–Crippen LogP) is 1.75. The van der Waals surface area contributed by atoms with Crippen molar-refractivity contribution in [2.24, 2.45) is 11.8 Å². The molecule has 2 aliphatic heterocycles. The molecule has 0 aliphatic carbocycles. The number of β-lactam (4-membered cyclic amide) rings is 1. The standard InChI is InChI=1S/C14H15N3O3S/c1-7(2)10-8-6-9(21-14-15-4-3-5-16-14)11(13(19)20)17(8)12(10)18/h3-5,7-8,10H,6H2,1-2H3,(H,19,20). The quantitative estimate of drug-likeness (QED) is 0.674. The summed E-state index contributed by atoms with van der Waals surface area (Å²) in [5, 5.41) is 9.92. The highest BCUT2D eigenvalue weighted by Crippen LogP contribution is 2.49. The molecule has 0 spiro atoms. The summed E-state index contributed by atoms with van der Waals surface area (Å²) < 4.78 is 0. The molecule has 7 heteroatoms. The number of carboxylic acid groups (broad SMARTS) is 1. The average molecular weight is 305 g/mol. The number of hydrogen-bond acceptors (Lipinski definition) is 5. The van der Waals surface area contributed by atoms with Crippen LogP contribution in [0.3, 0.4) is 0 Å². The smallest absolute Gasteiger partial charge is 0.353 e. The Morgan fingerprint density at radius 2 is 2.10 bits per heavy atom. The summed E-state index contributed by atoms with van der Waals surface area (Å²) >= 11 is 1.23. The number of carbonyl (C=O) groups excluding carboxylic acids is 1. The Morgan fingerprint density at radius 3 is 2.67 bits per heavy atom. The third-order valence-corrected chi connectivity index (χ3v) is 4.85. The van der Waals surface area contributed by atoms with Gasteiger partial charge in [0.05, 0.1) is 12.0 Å². The topological polar surface area (TPSA) is 83.4 Å². The van der Waals surface area contributed by atoms with E-state index in [-0.39, 0.29) is 29.5 Å². The first-order valence-electron chi connectivity index (χ1n) is 6.75. The highest BCUT2D eigenvalue weighted by Gasteiger charge is 2.56. The maximum Gasteiger partial charge on any atom is 0.353 e. The van der Waals surface area contributed by atoms with E-state index in [0.29, 0.717) is 16.5 Å². The van der Waals surface area contributed by atoms with E-state index in [2.05, 4.69) is 9.97 Å². The molecule has 3 heterocycles. The Balaban J connectivity index is 1.89. The lowest BCUT2D eigenvalue weighted by atomic mass is 9.79. The number of thioether (sulfide) groups is 1. The van der Waals surface area contributed by atoms with Gasteiger partial charge in [0.2, 0.25) is 5.91 Å². The lowest BCUT2D eigenvalue weighted by Gasteiger charge is -2.45. The van der Waals surface area contributed by atoms with Gasteiger partial charge in [0.25, 0.3) is 0 Å². The van der Waals surface area contributed by atoms with E-state index < -0.39 is 5.97 Å². The second kappa shape index (κ2) is 5.14. The number of carbonyl (C=O) groups is 2. The van der Waals surface area contributed by atoms with Crippen LogP contribution in [-0.4, -0.2) is 37.9 Å². The predicted molar refractivity (Wildman–Crippen MR) is 76.1 cm³/mol. The Bertz CT molecular complexity index is 630. The normalized spacial score (nSPS) is 24.3. The van der Waals surface area contributed by atoms with Crippen LogP contribution < -0.4 is 0 Å². The van der Waals surface area contributed by atoms with Crippen LogP contribution in [0.1, 0.15) is 20.3 Å². The van der Waals surface area contributed by atoms with Crippen molar-refractivity contribution in [2.75, 3.05) is 0 Å². The Labute approximate surface area is 126 Å². The van der Waals surface area contributed by atoms with Crippen LogP contribution in [0.5, 0.6) is 0 Å². The molecule has 6 nitrogen and oxygen atoms in total. The molecule has 1 amide bonds. The molecule has 110 valence electrons. The van der Waals surface area contributed by atoms with Gasteiger partial charge in [0.1, 0.15) is 5.70 Å². The lowest BCUT2D eigenvalue weighted by Crippen LogP contribution is -2.60. The molecule has 1 aromatic heterocycles. The molecule has 1 fully saturated rings. The zero-order valence-electron chi connectivity index (χ0n) is 11.7. The Morgan fingerprint density at radius 1 is 1.43 bits per heavy atom. The first-order valence-corrected chi connectivity index (χ1v) is 7.56. The third-order valence-electron chi connectivity index (χ3n) is 3.85. The molecular formula is C14H15N3O3S. The lowest BCUT2D eigenvalue weighted by molar-refractivity contribution is -0.157. The van der Waals surface area contributed by atoms with E-state index in [1.54, 1.807) is 18.5 Å². The van der Waals surface area contributed by atoms with Gasteiger partial charge in [-0.2, -0.15) is 0 Å². The summed E-state index contributed by atoms with van der Waals surface area (Å²) in [7, 11) is 0. The molecule has 0 radical (unpaired) electrons. The van der Waals surface area contributed by atoms with Gasteiger partial charge in [-0.05, 0) is 12.0 Å². The molecule has 0 aromatic carbocycles. The third kappa shape index (κ3) is 2.21. The second-order valence-electron chi connectivity index (χ2n) is 5.46. The van der Waals surface area contributed by atoms with Gasteiger partial charge in [-0.25, -0.2) is 14.8 Å². The second-order valence-corrected chi connectivity index (χ2v) is 6.52. The average Bonchev–Trinajstić information content (AvgIpc) is 2.74. The first-order chi connectivity index (χ1) is 10.0. The van der Waals surface area contributed by atoms with Crippen LogP contribution in [0.15, 0.2) is 34.2 Å². The van der Waals surface area contributed by atoms with Crippen molar-refractivity contribution in [3.05, 3.63) is 29.1 Å². The maximum atomic E-state index is 12.2. The summed E-state index contributed by atoms with van der Waals surface area (Å²) in [6, 6.07) is 1.67. The number of nitrogens with zero attached hydrogens (tertiary/aromatic N) is 3. The van der Waals surface area contributed by atoms with Gasteiger partial charge >= 0.3 is 5.97 Å². The molecule has 1 aromatic rings. The van der Waals surface area contributed by atoms with Crippen LogP contribution in [0, 0.1) is 11.8 Å². The number of amides is 1. The number of hydrogen-bond donors (Lipinski definition) is 1. The fourth-order valence-electron chi connectivity index (χ4n) is 2.97. The number of fused-ring (bicyclic) bond motifs is 1. The van der Waals surface area contributed by atoms with Crippen molar-refractivity contribution in [2.45, 2.75) is 31.5 Å². The van der Waals surface area contributed by atoms with Crippen LogP contribution in [0.25, 0.3) is 0 Å². The fourth-order valence-corrected chi connectivity index (χ4v) is 3.96. The Kier molecular flexibility index (Phi) is 3.44. The van der Waals surface area contributed by atoms with Crippen molar-refractivity contribution < 1.29 is 14.7 Å². The summed E-state index contributed by atoms with van der Waals surface area (Å²) in [4.78, 5) is 34.0. The SMILES string of the molecule is CC(C)C1C(=O)N2C(C(=O)O)=C(Sc3ncccn3)CC12. The molecular weight excluding hydrogens is 290 g/mol. The fraction of sp³-hybridized carbons (Fsp3) is 0.429. The molecule has 0 saturated carbocycles. The van der Waals surface area contributed by atoms with Crippen LogP contribution >= 0.6 is 11.8 Å². The van der Waals surface area contributed by atoms with Gasteiger partial charge in [0.15, 0.2) is 5.16 Å². The molecule has 3 rings (SSSR count). The van der Waals surface area contributed by atoms with Crippen LogP contribution in [-0.2, 0) is 9.59 Å². The molecule has 2 aliphatic rings. The largest absolute Gasteiger partial charge is 0.477 e. The minimum Gasteiger partial charge on any atom is -0.477 e. The first kappa shape index (κ1) is 14.1. The summed E-state index contributed by atoms with van der Waals surface area (Å²) in [6.45, 7) is 3.98. The van der Waals surface area contributed by atoms with Crippen LogP contribution in [0.2, 0.25) is 0 Å². The molecule has 2 atom stereocenters. The highest BCUT2D eigenvalue weighted by molar-refractivity contribution is 8.03. The van der Waals surface area contributed by atoms with E-state index in [0.717, 1.165) is 0 Å². The van der Waals surface area contributed by atoms with Crippen molar-refractivity contribution in [1.29, 1.82) is 0 Å². The number of rotatable bonds is 4. The van der Waals surface area contributed by atoms with E-state index >= 15 is 0 Å². The summed E-state index contributed by atoms with van der Waals surface area (Å²) in [5.41, 5.74) is 0.0966. The number of aromatic nitrogens is 2. The van der Waals surface area contributed by atoms with Crippen molar-refractivity contribution in [3.8, 4) is 0 Å². The summed E-state index contributed by atoms with van der Waals surface area (Å²) in [6.07, 6.45) is 3.80. The van der Waals surface area contributed by atoms with Crippen molar-refractivity contribution in [1.82, 2.24) is 14.9 Å². The van der Waals surface area contributed by atoms with Crippen LogP contribution in [0.4, 0.5) is 0 Å². The summed E-state index contributed by atoms with van der Waals surface area (Å²) in [5.74, 6) is -1.02. The molecule has 1 saturated heterocycles. The van der Waals surface area contributed by atoms with Gasteiger partial charge < -0.3 is 10.0 Å². The zero-order chi connectivity index (χ0) is 15.1. The number of carboxylic acids is 1. The minimum atomic E-state index is -1.06. The zero-order valence-corrected chi connectivity index (χ0v) is 12.5. The van der Waals surface area contributed by atoms with E-state index in [1.165, 1.54) is 16.7 Å². The molecule has 21 heavy (non-hydrogen) atoms. The van der Waals surface area contributed by atoms with Crippen molar-refractivity contribution in [3.63, 3.8) is 0 Å². The van der Waals surface area contributed by atoms with Gasteiger partial charge in [0, 0.05) is 23.7 Å². The molecule has 2 unspecified atom stereocenters. The van der Waals surface area contributed by atoms with Crippen molar-refractivity contribution >= 4 is 23.6 Å². The monoisotopic (exact) mass is 305 g/mol.